The fraction of sp³-hybridized carbons (Fsp3) is 0.350. The Morgan fingerprint density at radius 1 is 1.17 bits per heavy atom. The number of fused-ring (bicyclic) bond motifs is 1. The van der Waals surface area contributed by atoms with Crippen molar-refractivity contribution in [3.05, 3.63) is 65.2 Å². The maximum atomic E-state index is 12.5. The molecular weight excluding hydrogens is 300 g/mol. The minimum atomic E-state index is -0.157. The van der Waals surface area contributed by atoms with Gasteiger partial charge >= 0.3 is 0 Å². The molecule has 126 valence electrons. The smallest absolute Gasteiger partial charge is 0.227 e. The molecule has 1 aliphatic heterocycles. The SMILES string of the molecule is CCNCc1ccccc1NC(=O)C[C@@H]1OCCc2ccccc21. The lowest BCUT2D eigenvalue weighted by atomic mass is 9.95. The summed E-state index contributed by atoms with van der Waals surface area (Å²) in [5.41, 5.74) is 4.39. The average molecular weight is 324 g/mol. The van der Waals surface area contributed by atoms with Crippen LogP contribution >= 0.6 is 0 Å². The molecule has 0 fully saturated rings. The van der Waals surface area contributed by atoms with Crippen LogP contribution in [0.2, 0.25) is 0 Å². The Balaban J connectivity index is 1.67. The molecule has 3 rings (SSSR count). The van der Waals surface area contributed by atoms with Gasteiger partial charge in [0.1, 0.15) is 0 Å². The maximum Gasteiger partial charge on any atom is 0.227 e. The van der Waals surface area contributed by atoms with Gasteiger partial charge in [-0.2, -0.15) is 0 Å². The zero-order chi connectivity index (χ0) is 16.8. The summed E-state index contributed by atoms with van der Waals surface area (Å²) in [6, 6.07) is 16.1. The molecule has 4 nitrogen and oxygen atoms in total. The number of nitrogens with one attached hydrogen (secondary N) is 2. The third-order valence-electron chi connectivity index (χ3n) is 4.32. The highest BCUT2D eigenvalue weighted by Crippen LogP contribution is 2.30. The van der Waals surface area contributed by atoms with Crippen LogP contribution in [0.3, 0.4) is 0 Å². The van der Waals surface area contributed by atoms with Crippen molar-refractivity contribution in [2.75, 3.05) is 18.5 Å². The van der Waals surface area contributed by atoms with Crippen LogP contribution < -0.4 is 10.6 Å². The van der Waals surface area contributed by atoms with Crippen molar-refractivity contribution in [3.8, 4) is 0 Å². The number of benzene rings is 2. The van der Waals surface area contributed by atoms with E-state index in [1.807, 2.05) is 36.4 Å². The Morgan fingerprint density at radius 3 is 2.83 bits per heavy atom. The van der Waals surface area contributed by atoms with Gasteiger partial charge in [0, 0.05) is 12.2 Å². The first kappa shape index (κ1) is 16.7. The van der Waals surface area contributed by atoms with Crippen LogP contribution in [-0.4, -0.2) is 19.1 Å². The van der Waals surface area contributed by atoms with Crippen molar-refractivity contribution in [3.63, 3.8) is 0 Å². The van der Waals surface area contributed by atoms with Crippen molar-refractivity contribution >= 4 is 11.6 Å². The first-order chi connectivity index (χ1) is 11.8. The van der Waals surface area contributed by atoms with Crippen LogP contribution in [0.5, 0.6) is 0 Å². The molecule has 2 aromatic rings. The van der Waals surface area contributed by atoms with Gasteiger partial charge < -0.3 is 15.4 Å². The summed E-state index contributed by atoms with van der Waals surface area (Å²) in [5.74, 6) is -0.0133. The minimum absolute atomic E-state index is 0.0133. The summed E-state index contributed by atoms with van der Waals surface area (Å²) in [4.78, 5) is 12.5. The molecule has 0 saturated carbocycles. The van der Waals surface area contributed by atoms with Crippen LogP contribution in [0.15, 0.2) is 48.5 Å². The molecule has 1 heterocycles. The van der Waals surface area contributed by atoms with Gasteiger partial charge in [0.05, 0.1) is 19.1 Å². The standard InChI is InChI=1S/C20H24N2O2/c1-2-21-14-16-8-4-6-10-18(16)22-20(23)13-19-17-9-5-3-7-15(17)11-12-24-19/h3-10,19,21H,2,11-14H2,1H3,(H,22,23)/t19-/m0/s1. The van der Waals surface area contributed by atoms with Crippen molar-refractivity contribution < 1.29 is 9.53 Å². The van der Waals surface area contributed by atoms with Crippen LogP contribution in [-0.2, 0) is 22.5 Å². The van der Waals surface area contributed by atoms with Crippen LogP contribution in [0.4, 0.5) is 5.69 Å². The van der Waals surface area contributed by atoms with Crippen molar-refractivity contribution in [1.29, 1.82) is 0 Å². The molecule has 0 unspecified atom stereocenters. The lowest BCUT2D eigenvalue weighted by Gasteiger charge is -2.25. The quantitative estimate of drug-likeness (QED) is 0.856. The Morgan fingerprint density at radius 2 is 1.96 bits per heavy atom. The topological polar surface area (TPSA) is 50.4 Å². The predicted molar refractivity (Wildman–Crippen MR) is 95.9 cm³/mol. The molecule has 0 aromatic heterocycles. The number of ether oxygens (including phenoxy) is 1. The molecule has 1 aliphatic rings. The van der Waals surface area contributed by atoms with E-state index in [0.717, 1.165) is 36.3 Å². The number of anilines is 1. The molecular formula is C20H24N2O2. The van der Waals surface area contributed by atoms with E-state index < -0.39 is 0 Å². The highest BCUT2D eigenvalue weighted by Gasteiger charge is 2.23. The monoisotopic (exact) mass is 324 g/mol. The minimum Gasteiger partial charge on any atom is -0.373 e. The van der Waals surface area contributed by atoms with Crippen LogP contribution in [0.25, 0.3) is 0 Å². The second-order valence-electron chi connectivity index (χ2n) is 6.00. The number of hydrogen-bond acceptors (Lipinski definition) is 3. The summed E-state index contributed by atoms with van der Waals surface area (Å²) in [6.07, 6.45) is 1.10. The normalized spacial score (nSPS) is 16.5. The molecule has 24 heavy (non-hydrogen) atoms. The summed E-state index contributed by atoms with van der Waals surface area (Å²) < 4.78 is 5.83. The van der Waals surface area contributed by atoms with Crippen molar-refractivity contribution in [2.45, 2.75) is 32.4 Å². The van der Waals surface area contributed by atoms with E-state index in [2.05, 4.69) is 29.7 Å². The molecule has 0 spiro atoms. The first-order valence-corrected chi connectivity index (χ1v) is 8.55. The second-order valence-corrected chi connectivity index (χ2v) is 6.00. The predicted octanol–water partition coefficient (Wildman–Crippen LogP) is 3.44. The number of para-hydroxylation sites is 1. The Labute approximate surface area is 143 Å². The lowest BCUT2D eigenvalue weighted by molar-refractivity contribution is -0.119. The molecule has 2 aromatic carbocycles. The van der Waals surface area contributed by atoms with E-state index in [1.54, 1.807) is 0 Å². The summed E-state index contributed by atoms with van der Waals surface area (Å²) in [6.45, 7) is 4.38. The number of rotatable bonds is 6. The molecule has 0 bridgehead atoms. The van der Waals surface area contributed by atoms with Gasteiger partial charge in [-0.1, -0.05) is 49.4 Å². The van der Waals surface area contributed by atoms with Crippen molar-refractivity contribution in [2.24, 2.45) is 0 Å². The van der Waals surface area contributed by atoms with Gasteiger partial charge in [-0.3, -0.25) is 4.79 Å². The number of amides is 1. The van der Waals surface area contributed by atoms with Gasteiger partial charge in [-0.15, -0.1) is 0 Å². The molecule has 1 amide bonds. The maximum absolute atomic E-state index is 12.5. The molecule has 4 heteroatoms. The van der Waals surface area contributed by atoms with Crippen LogP contribution in [0.1, 0.15) is 36.1 Å². The number of carbonyl (C=O) groups is 1. The Bertz CT molecular complexity index is 700. The van der Waals surface area contributed by atoms with Crippen molar-refractivity contribution in [1.82, 2.24) is 5.32 Å². The fourth-order valence-electron chi connectivity index (χ4n) is 3.07. The van der Waals surface area contributed by atoms with E-state index in [1.165, 1.54) is 5.56 Å². The first-order valence-electron chi connectivity index (χ1n) is 8.55. The van der Waals surface area contributed by atoms with E-state index in [4.69, 9.17) is 4.74 Å². The van der Waals surface area contributed by atoms with Gasteiger partial charge in [-0.25, -0.2) is 0 Å². The van der Waals surface area contributed by atoms with Gasteiger partial charge in [-0.05, 0) is 35.7 Å². The number of hydrogen-bond donors (Lipinski definition) is 2. The lowest BCUT2D eigenvalue weighted by Crippen LogP contribution is -2.23. The van der Waals surface area contributed by atoms with E-state index in [-0.39, 0.29) is 12.0 Å². The molecule has 1 atom stereocenters. The highest BCUT2D eigenvalue weighted by molar-refractivity contribution is 5.92. The molecule has 0 radical (unpaired) electrons. The summed E-state index contributed by atoms with van der Waals surface area (Å²) in [5, 5.41) is 6.34. The molecule has 0 saturated heterocycles. The zero-order valence-electron chi connectivity index (χ0n) is 14.0. The third kappa shape index (κ3) is 4.02. The number of carbonyl (C=O) groups excluding carboxylic acids is 1. The van der Waals surface area contributed by atoms with Crippen LogP contribution in [0, 0.1) is 0 Å². The van der Waals surface area contributed by atoms with E-state index in [9.17, 15) is 4.79 Å². The average Bonchev–Trinajstić information content (AvgIpc) is 2.61. The Hall–Kier alpha value is -2.17. The third-order valence-corrected chi connectivity index (χ3v) is 4.32. The fourth-order valence-corrected chi connectivity index (χ4v) is 3.07. The Kier molecular flexibility index (Phi) is 5.62. The molecule has 2 N–H and O–H groups in total. The van der Waals surface area contributed by atoms with E-state index >= 15 is 0 Å². The summed E-state index contributed by atoms with van der Waals surface area (Å²) >= 11 is 0. The van der Waals surface area contributed by atoms with E-state index in [0.29, 0.717) is 13.0 Å². The van der Waals surface area contributed by atoms with Gasteiger partial charge in [0.25, 0.3) is 0 Å². The molecule has 0 aliphatic carbocycles. The highest BCUT2D eigenvalue weighted by atomic mass is 16.5. The van der Waals surface area contributed by atoms with Gasteiger partial charge in [0.2, 0.25) is 5.91 Å². The summed E-state index contributed by atoms with van der Waals surface area (Å²) in [7, 11) is 0. The largest absolute Gasteiger partial charge is 0.373 e. The zero-order valence-corrected chi connectivity index (χ0v) is 14.0. The van der Waals surface area contributed by atoms with Gasteiger partial charge in [0.15, 0.2) is 0 Å². The second kappa shape index (κ2) is 8.08.